The number of Topliss-reactive ketones (excluding diaryl/α,β-unsaturated/α-hetero) is 1. The molecule has 0 aliphatic heterocycles. The van der Waals surface area contributed by atoms with Crippen LogP contribution in [0.4, 0.5) is 0 Å². The molecule has 1 aliphatic carbocycles. The first-order valence-corrected chi connectivity index (χ1v) is 4.25. The molecule has 0 radical (unpaired) electrons. The summed E-state index contributed by atoms with van der Waals surface area (Å²) in [6.07, 6.45) is 2.48. The molecule has 0 bridgehead atoms. The lowest BCUT2D eigenvalue weighted by Crippen LogP contribution is -2.42. The van der Waals surface area contributed by atoms with E-state index in [0.29, 0.717) is 6.42 Å². The van der Waals surface area contributed by atoms with E-state index >= 15 is 0 Å². The van der Waals surface area contributed by atoms with Crippen molar-refractivity contribution in [1.29, 1.82) is 0 Å². The Balaban J connectivity index is 2.34. The maximum absolute atomic E-state index is 11.1. The molecule has 0 saturated heterocycles. The summed E-state index contributed by atoms with van der Waals surface area (Å²) in [6.45, 7) is 1.78. The first-order chi connectivity index (χ1) is 5.65. The van der Waals surface area contributed by atoms with E-state index in [0.717, 1.165) is 12.8 Å². The average Bonchev–Trinajstić information content (AvgIpc) is 2.85. The van der Waals surface area contributed by atoms with Gasteiger partial charge in [-0.1, -0.05) is 6.92 Å². The van der Waals surface area contributed by atoms with Gasteiger partial charge in [-0.2, -0.15) is 0 Å². The van der Waals surface area contributed by atoms with Crippen molar-refractivity contribution < 1.29 is 9.59 Å². The SMILES string of the molecule is CC[C@H](N)C(=O)C(=O)NC1CC1. The monoisotopic (exact) mass is 170 g/mol. The van der Waals surface area contributed by atoms with Crippen molar-refractivity contribution >= 4 is 11.7 Å². The Labute approximate surface area is 71.5 Å². The lowest BCUT2D eigenvalue weighted by molar-refractivity contribution is -0.138. The molecular weight excluding hydrogens is 156 g/mol. The lowest BCUT2D eigenvalue weighted by Gasteiger charge is -2.06. The molecule has 0 aromatic heterocycles. The summed E-state index contributed by atoms with van der Waals surface area (Å²) in [5.41, 5.74) is 5.40. The summed E-state index contributed by atoms with van der Waals surface area (Å²) in [4.78, 5) is 22.2. The molecule has 1 saturated carbocycles. The first kappa shape index (κ1) is 9.19. The number of nitrogens with two attached hydrogens (primary N) is 1. The molecule has 1 aliphatic rings. The van der Waals surface area contributed by atoms with E-state index in [2.05, 4.69) is 5.32 Å². The van der Waals surface area contributed by atoms with Crippen LogP contribution in [0.3, 0.4) is 0 Å². The van der Waals surface area contributed by atoms with Gasteiger partial charge in [0.05, 0.1) is 6.04 Å². The first-order valence-electron chi connectivity index (χ1n) is 4.25. The van der Waals surface area contributed by atoms with E-state index in [1.54, 1.807) is 6.92 Å². The van der Waals surface area contributed by atoms with Crippen LogP contribution in [-0.4, -0.2) is 23.8 Å². The Hall–Kier alpha value is -0.900. The summed E-state index contributed by atoms with van der Waals surface area (Å²) in [7, 11) is 0. The molecule has 0 unspecified atom stereocenters. The fourth-order valence-corrected chi connectivity index (χ4v) is 0.838. The minimum absolute atomic E-state index is 0.227. The van der Waals surface area contributed by atoms with Crippen LogP contribution in [0.2, 0.25) is 0 Å². The molecule has 12 heavy (non-hydrogen) atoms. The summed E-state index contributed by atoms with van der Waals surface area (Å²) < 4.78 is 0. The third-order valence-corrected chi connectivity index (χ3v) is 1.91. The molecule has 4 nitrogen and oxygen atoms in total. The molecule has 1 amide bonds. The summed E-state index contributed by atoms with van der Waals surface area (Å²) in [5, 5.41) is 2.60. The van der Waals surface area contributed by atoms with Gasteiger partial charge in [0.1, 0.15) is 0 Å². The van der Waals surface area contributed by atoms with Crippen LogP contribution in [0.25, 0.3) is 0 Å². The maximum Gasteiger partial charge on any atom is 0.289 e. The Morgan fingerprint density at radius 1 is 1.58 bits per heavy atom. The second kappa shape index (κ2) is 3.67. The third kappa shape index (κ3) is 2.30. The standard InChI is InChI=1S/C8H14N2O2/c1-2-6(9)7(11)8(12)10-5-3-4-5/h5-6H,2-4,9H2,1H3,(H,10,12)/t6-/m0/s1. The van der Waals surface area contributed by atoms with E-state index in [-0.39, 0.29) is 6.04 Å². The van der Waals surface area contributed by atoms with Gasteiger partial charge >= 0.3 is 0 Å². The number of rotatable bonds is 4. The lowest BCUT2D eigenvalue weighted by atomic mass is 10.1. The van der Waals surface area contributed by atoms with Crippen LogP contribution in [-0.2, 0) is 9.59 Å². The van der Waals surface area contributed by atoms with Crippen LogP contribution in [0.15, 0.2) is 0 Å². The number of amides is 1. The predicted octanol–water partition coefficient (Wildman–Crippen LogP) is -0.429. The zero-order chi connectivity index (χ0) is 9.14. The quantitative estimate of drug-likeness (QED) is 0.562. The van der Waals surface area contributed by atoms with Gasteiger partial charge < -0.3 is 11.1 Å². The van der Waals surface area contributed by atoms with Gasteiger partial charge in [-0.3, -0.25) is 9.59 Å². The van der Waals surface area contributed by atoms with Crippen molar-refractivity contribution in [2.24, 2.45) is 5.73 Å². The van der Waals surface area contributed by atoms with Crippen molar-refractivity contribution in [1.82, 2.24) is 5.32 Å². The summed E-state index contributed by atoms with van der Waals surface area (Å²) in [6, 6.07) is -0.408. The molecule has 0 heterocycles. The van der Waals surface area contributed by atoms with Crippen LogP contribution >= 0.6 is 0 Å². The van der Waals surface area contributed by atoms with Gasteiger partial charge in [0.2, 0.25) is 5.78 Å². The second-order valence-corrected chi connectivity index (χ2v) is 3.13. The van der Waals surface area contributed by atoms with Gasteiger partial charge in [0.25, 0.3) is 5.91 Å². The fraction of sp³-hybridized carbons (Fsp3) is 0.750. The second-order valence-electron chi connectivity index (χ2n) is 3.13. The van der Waals surface area contributed by atoms with Gasteiger partial charge in [-0.25, -0.2) is 0 Å². The van der Waals surface area contributed by atoms with Crippen molar-refractivity contribution in [2.45, 2.75) is 38.3 Å². The molecular formula is C8H14N2O2. The van der Waals surface area contributed by atoms with Crippen LogP contribution < -0.4 is 11.1 Å². The Bertz CT molecular complexity index is 199. The Kier molecular flexibility index (Phi) is 2.81. The van der Waals surface area contributed by atoms with E-state index in [1.165, 1.54) is 0 Å². The van der Waals surface area contributed by atoms with Crippen LogP contribution in [0.1, 0.15) is 26.2 Å². The van der Waals surface area contributed by atoms with Crippen molar-refractivity contribution in [3.8, 4) is 0 Å². The van der Waals surface area contributed by atoms with E-state index in [4.69, 9.17) is 5.73 Å². The smallest absolute Gasteiger partial charge is 0.289 e. The molecule has 0 aromatic carbocycles. The largest absolute Gasteiger partial charge is 0.347 e. The van der Waals surface area contributed by atoms with Gasteiger partial charge in [0.15, 0.2) is 0 Å². The van der Waals surface area contributed by atoms with E-state index in [1.807, 2.05) is 0 Å². The predicted molar refractivity (Wildman–Crippen MR) is 44.4 cm³/mol. The molecule has 4 heteroatoms. The van der Waals surface area contributed by atoms with Crippen LogP contribution in [0.5, 0.6) is 0 Å². The molecule has 3 N–H and O–H groups in total. The number of carbonyl (C=O) groups excluding carboxylic acids is 2. The van der Waals surface area contributed by atoms with E-state index in [9.17, 15) is 9.59 Å². The summed E-state index contributed by atoms with van der Waals surface area (Å²) >= 11 is 0. The van der Waals surface area contributed by atoms with Crippen molar-refractivity contribution in [3.63, 3.8) is 0 Å². The zero-order valence-electron chi connectivity index (χ0n) is 7.17. The van der Waals surface area contributed by atoms with Crippen LogP contribution in [0, 0.1) is 0 Å². The zero-order valence-corrected chi connectivity index (χ0v) is 7.17. The summed E-state index contributed by atoms with van der Waals surface area (Å²) in [5.74, 6) is -1.02. The Morgan fingerprint density at radius 3 is 2.58 bits per heavy atom. The number of nitrogens with one attached hydrogen (secondary N) is 1. The number of hydrogen-bond donors (Lipinski definition) is 2. The van der Waals surface area contributed by atoms with E-state index < -0.39 is 17.7 Å². The maximum atomic E-state index is 11.1. The molecule has 1 atom stereocenters. The highest BCUT2D eigenvalue weighted by Crippen LogP contribution is 2.18. The van der Waals surface area contributed by atoms with Gasteiger partial charge in [-0.05, 0) is 19.3 Å². The number of carbonyl (C=O) groups is 2. The van der Waals surface area contributed by atoms with Crippen molar-refractivity contribution in [3.05, 3.63) is 0 Å². The highest BCUT2D eigenvalue weighted by atomic mass is 16.2. The minimum atomic E-state index is -0.635. The molecule has 0 aromatic rings. The topological polar surface area (TPSA) is 72.2 Å². The molecule has 1 fully saturated rings. The highest BCUT2D eigenvalue weighted by molar-refractivity contribution is 6.38. The Morgan fingerprint density at radius 2 is 2.17 bits per heavy atom. The third-order valence-electron chi connectivity index (χ3n) is 1.91. The molecule has 0 spiro atoms. The molecule has 68 valence electrons. The average molecular weight is 170 g/mol. The highest BCUT2D eigenvalue weighted by Gasteiger charge is 2.28. The normalized spacial score (nSPS) is 18.5. The molecule has 1 rings (SSSR count). The fourth-order valence-electron chi connectivity index (χ4n) is 0.838. The van der Waals surface area contributed by atoms with Gasteiger partial charge in [-0.15, -0.1) is 0 Å². The minimum Gasteiger partial charge on any atom is -0.347 e. The van der Waals surface area contributed by atoms with Crippen molar-refractivity contribution in [2.75, 3.05) is 0 Å². The van der Waals surface area contributed by atoms with Gasteiger partial charge in [0, 0.05) is 6.04 Å². The number of ketones is 1. The number of hydrogen-bond acceptors (Lipinski definition) is 3.